The first-order valence-electron chi connectivity index (χ1n) is 3.72. The number of hydrogen-bond acceptors (Lipinski definition) is 4. The van der Waals surface area contributed by atoms with Gasteiger partial charge in [-0.2, -0.15) is 0 Å². The maximum atomic E-state index is 11.3. The maximum absolute atomic E-state index is 11.3. The van der Waals surface area contributed by atoms with Crippen LogP contribution in [0.1, 0.15) is 12.8 Å². The fraction of sp³-hybridized carbons (Fsp3) is 0.111. The van der Waals surface area contributed by atoms with Gasteiger partial charge in [-0.1, -0.05) is 6.58 Å². The molecule has 0 saturated carbocycles. The molecule has 2 rings (SSSR count). The molecule has 0 saturated heterocycles. The van der Waals surface area contributed by atoms with Gasteiger partial charge in [0.2, 0.25) is 5.89 Å². The third-order valence-electron chi connectivity index (χ3n) is 1.62. The van der Waals surface area contributed by atoms with Crippen molar-refractivity contribution in [1.29, 1.82) is 0 Å². The van der Waals surface area contributed by atoms with E-state index in [1.807, 2.05) is 5.38 Å². The lowest BCUT2D eigenvalue weighted by Gasteiger charge is -1.95. The van der Waals surface area contributed by atoms with Crippen molar-refractivity contribution in [3.63, 3.8) is 0 Å². The second-order valence-electron chi connectivity index (χ2n) is 2.73. The average Bonchev–Trinajstić information content (AvgIpc) is 2.51. The lowest BCUT2D eigenvalue weighted by molar-refractivity contribution is 0.487. The monoisotopic (exact) mass is 193 g/mol. The van der Waals surface area contributed by atoms with E-state index in [0.29, 0.717) is 21.7 Å². The number of nitrogens with zero attached hydrogens (tertiary/aromatic N) is 1. The first-order chi connectivity index (χ1) is 6.18. The van der Waals surface area contributed by atoms with Gasteiger partial charge in [-0.3, -0.25) is 0 Å². The summed E-state index contributed by atoms with van der Waals surface area (Å²) in [6.07, 6.45) is 0. The second kappa shape index (κ2) is 2.81. The minimum atomic E-state index is -0.343. The molecule has 2 aromatic rings. The van der Waals surface area contributed by atoms with Crippen molar-refractivity contribution in [3.05, 3.63) is 34.3 Å². The Labute approximate surface area is 78.3 Å². The van der Waals surface area contributed by atoms with Gasteiger partial charge in [0, 0.05) is 5.57 Å². The Morgan fingerprint density at radius 1 is 1.69 bits per heavy atom. The highest BCUT2D eigenvalue weighted by Gasteiger charge is 2.06. The molecule has 13 heavy (non-hydrogen) atoms. The minimum Gasteiger partial charge on any atom is -0.403 e. The average molecular weight is 193 g/mol. The summed E-state index contributed by atoms with van der Waals surface area (Å²) in [7, 11) is 0. The molecule has 0 fully saturated rings. The molecule has 4 heteroatoms. The predicted octanol–water partition coefficient (Wildman–Crippen LogP) is 2.28. The van der Waals surface area contributed by atoms with Gasteiger partial charge >= 0.3 is 5.63 Å². The van der Waals surface area contributed by atoms with Crippen molar-refractivity contribution < 1.29 is 4.42 Å². The Balaban J connectivity index is 2.85. The van der Waals surface area contributed by atoms with Gasteiger partial charge in [0.1, 0.15) is 4.83 Å². The Kier molecular flexibility index (Phi) is 1.77. The maximum Gasteiger partial charge on any atom is 0.347 e. The molecule has 0 N–H and O–H groups in total. The summed E-state index contributed by atoms with van der Waals surface area (Å²) >= 11 is 1.42. The van der Waals surface area contributed by atoms with E-state index < -0.39 is 0 Å². The third-order valence-corrected chi connectivity index (χ3v) is 2.43. The van der Waals surface area contributed by atoms with Crippen LogP contribution in [-0.4, -0.2) is 4.98 Å². The lowest BCUT2D eigenvalue weighted by Crippen LogP contribution is -2.01. The summed E-state index contributed by atoms with van der Waals surface area (Å²) < 4.78 is 4.95. The van der Waals surface area contributed by atoms with Gasteiger partial charge in [-0.25, -0.2) is 9.78 Å². The highest BCUT2D eigenvalue weighted by Crippen LogP contribution is 2.17. The summed E-state index contributed by atoms with van der Waals surface area (Å²) in [5, 5.41) is 2.35. The van der Waals surface area contributed by atoms with Crippen LogP contribution in [0.4, 0.5) is 0 Å². The van der Waals surface area contributed by atoms with E-state index in [-0.39, 0.29) is 5.63 Å². The molecule has 2 aromatic heterocycles. The van der Waals surface area contributed by atoms with Crippen LogP contribution in [-0.2, 0) is 0 Å². The highest BCUT2D eigenvalue weighted by molar-refractivity contribution is 7.16. The molecule has 3 nitrogen and oxygen atoms in total. The van der Waals surface area contributed by atoms with E-state index in [0.717, 1.165) is 0 Å². The second-order valence-corrected chi connectivity index (χ2v) is 3.62. The van der Waals surface area contributed by atoms with E-state index in [1.54, 1.807) is 13.0 Å². The van der Waals surface area contributed by atoms with Crippen molar-refractivity contribution >= 4 is 27.1 Å². The zero-order valence-electron chi connectivity index (χ0n) is 7.03. The van der Waals surface area contributed by atoms with Gasteiger partial charge in [-0.15, -0.1) is 11.3 Å². The van der Waals surface area contributed by atoms with E-state index in [9.17, 15) is 4.79 Å². The van der Waals surface area contributed by atoms with E-state index in [4.69, 9.17) is 4.42 Å². The highest BCUT2D eigenvalue weighted by atomic mass is 32.1. The fourth-order valence-electron chi connectivity index (χ4n) is 0.984. The largest absolute Gasteiger partial charge is 0.403 e. The van der Waals surface area contributed by atoms with E-state index in [1.165, 1.54) is 11.3 Å². The van der Waals surface area contributed by atoms with Crippen molar-refractivity contribution in [2.75, 3.05) is 0 Å². The molecule has 0 aliphatic heterocycles. The van der Waals surface area contributed by atoms with Gasteiger partial charge in [0.25, 0.3) is 0 Å². The molecule has 66 valence electrons. The molecule has 0 spiro atoms. The van der Waals surface area contributed by atoms with Crippen molar-refractivity contribution in [3.8, 4) is 0 Å². The van der Waals surface area contributed by atoms with Crippen LogP contribution >= 0.6 is 11.3 Å². The van der Waals surface area contributed by atoms with Crippen LogP contribution < -0.4 is 5.63 Å². The molecule has 0 unspecified atom stereocenters. The van der Waals surface area contributed by atoms with Crippen molar-refractivity contribution in [1.82, 2.24) is 4.98 Å². The zero-order valence-corrected chi connectivity index (χ0v) is 7.85. The Morgan fingerprint density at radius 2 is 2.46 bits per heavy atom. The molecular formula is C9H7NO2S. The minimum absolute atomic E-state index is 0.319. The molecule has 0 aliphatic rings. The van der Waals surface area contributed by atoms with Crippen LogP contribution in [0, 0.1) is 0 Å². The molecule has 0 aromatic carbocycles. The summed E-state index contributed by atoms with van der Waals surface area (Å²) in [5.41, 5.74) is 0.316. The quantitative estimate of drug-likeness (QED) is 0.697. The standard InChI is InChI=1S/C9H7NO2S/c1-5(2)7-10-8-6(3-4-13-8)9(11)12-7/h3-4H,1H2,2H3. The molecule has 0 aliphatic carbocycles. The number of aromatic nitrogens is 1. The fourth-order valence-corrected chi connectivity index (χ4v) is 1.73. The van der Waals surface area contributed by atoms with Gasteiger partial charge in [0.05, 0.1) is 5.39 Å². The lowest BCUT2D eigenvalue weighted by atomic mass is 10.3. The van der Waals surface area contributed by atoms with Gasteiger partial charge < -0.3 is 4.42 Å². The van der Waals surface area contributed by atoms with E-state index >= 15 is 0 Å². The summed E-state index contributed by atoms with van der Waals surface area (Å²) in [6.45, 7) is 5.42. The molecule has 0 radical (unpaired) electrons. The Hall–Kier alpha value is -1.42. The number of hydrogen-bond donors (Lipinski definition) is 0. The summed E-state index contributed by atoms with van der Waals surface area (Å²) in [5.74, 6) is 0.319. The summed E-state index contributed by atoms with van der Waals surface area (Å²) in [4.78, 5) is 16.2. The van der Waals surface area contributed by atoms with Gasteiger partial charge in [-0.05, 0) is 18.4 Å². The zero-order chi connectivity index (χ0) is 9.42. The first kappa shape index (κ1) is 8.19. The van der Waals surface area contributed by atoms with Crippen LogP contribution in [0.2, 0.25) is 0 Å². The van der Waals surface area contributed by atoms with E-state index in [2.05, 4.69) is 11.6 Å². The number of fused-ring (bicyclic) bond motifs is 1. The SMILES string of the molecule is C=C(C)c1nc2sccc2c(=O)o1. The third kappa shape index (κ3) is 1.29. The number of allylic oxidation sites excluding steroid dienone is 1. The topological polar surface area (TPSA) is 43.1 Å². The van der Waals surface area contributed by atoms with Crippen LogP contribution in [0.25, 0.3) is 15.8 Å². The normalized spacial score (nSPS) is 10.5. The Morgan fingerprint density at radius 3 is 3.15 bits per heavy atom. The Bertz CT molecular complexity index is 524. The van der Waals surface area contributed by atoms with Gasteiger partial charge in [0.15, 0.2) is 0 Å². The first-order valence-corrected chi connectivity index (χ1v) is 4.60. The number of rotatable bonds is 1. The molecular weight excluding hydrogens is 186 g/mol. The van der Waals surface area contributed by atoms with Crippen LogP contribution in [0.3, 0.4) is 0 Å². The smallest absolute Gasteiger partial charge is 0.347 e. The van der Waals surface area contributed by atoms with Crippen LogP contribution in [0.15, 0.2) is 27.2 Å². The van der Waals surface area contributed by atoms with Crippen molar-refractivity contribution in [2.24, 2.45) is 0 Å². The molecule has 2 heterocycles. The van der Waals surface area contributed by atoms with Crippen LogP contribution in [0.5, 0.6) is 0 Å². The number of thiophene rings is 1. The molecule has 0 bridgehead atoms. The summed E-state index contributed by atoms with van der Waals surface area (Å²) in [6, 6.07) is 1.71. The predicted molar refractivity (Wildman–Crippen MR) is 52.9 cm³/mol. The molecule has 0 amide bonds. The molecule has 0 atom stereocenters. The van der Waals surface area contributed by atoms with Crippen molar-refractivity contribution in [2.45, 2.75) is 6.92 Å².